The van der Waals surface area contributed by atoms with Gasteiger partial charge < -0.3 is 10.6 Å². The first-order chi connectivity index (χ1) is 9.25. The molecule has 1 amide bonds. The van der Waals surface area contributed by atoms with Gasteiger partial charge in [0.1, 0.15) is 0 Å². The van der Waals surface area contributed by atoms with Crippen LogP contribution in [-0.2, 0) is 20.6 Å². The molecule has 1 aromatic carbocycles. The lowest BCUT2D eigenvalue weighted by molar-refractivity contribution is -0.131. The van der Waals surface area contributed by atoms with Gasteiger partial charge in [0.25, 0.3) is 0 Å². The van der Waals surface area contributed by atoms with Crippen molar-refractivity contribution in [2.24, 2.45) is 0 Å². The van der Waals surface area contributed by atoms with E-state index in [-0.39, 0.29) is 11.7 Å². The van der Waals surface area contributed by atoms with E-state index >= 15 is 0 Å². The van der Waals surface area contributed by atoms with Gasteiger partial charge in [-0.1, -0.05) is 12.1 Å². The third-order valence-corrected chi connectivity index (χ3v) is 4.34. The summed E-state index contributed by atoms with van der Waals surface area (Å²) in [4.78, 5) is 13.3. The Morgan fingerprint density at radius 3 is 2.40 bits per heavy atom. The average molecular weight is 299 g/mol. The molecular weight excluding hydrogens is 278 g/mol. The van der Waals surface area contributed by atoms with Crippen LogP contribution in [0.15, 0.2) is 24.3 Å². The molecule has 0 aliphatic heterocycles. The van der Waals surface area contributed by atoms with Crippen LogP contribution in [0.5, 0.6) is 0 Å². The second-order valence-corrected chi connectivity index (χ2v) is 6.45. The minimum atomic E-state index is -3.57. The number of nitrogens with one attached hydrogen (secondary N) is 1. The van der Waals surface area contributed by atoms with Crippen molar-refractivity contribution in [3.05, 3.63) is 29.8 Å². The molecule has 0 aliphatic rings. The van der Waals surface area contributed by atoms with Crippen molar-refractivity contribution >= 4 is 21.6 Å². The van der Waals surface area contributed by atoms with E-state index in [1.54, 1.807) is 31.3 Å². The van der Waals surface area contributed by atoms with Gasteiger partial charge in [0.2, 0.25) is 15.9 Å². The number of amides is 1. The van der Waals surface area contributed by atoms with E-state index in [4.69, 9.17) is 5.73 Å². The molecule has 112 valence electrons. The highest BCUT2D eigenvalue weighted by Gasteiger charge is 2.22. The highest BCUT2D eigenvalue weighted by molar-refractivity contribution is 7.88. The maximum absolute atomic E-state index is 12.0. The zero-order chi connectivity index (χ0) is 15.3. The van der Waals surface area contributed by atoms with Crippen molar-refractivity contribution in [1.82, 2.24) is 9.62 Å². The minimum absolute atomic E-state index is 0.180. The Kier molecular flexibility index (Phi) is 5.52. The zero-order valence-electron chi connectivity index (χ0n) is 12.0. The van der Waals surface area contributed by atoms with Crippen molar-refractivity contribution in [1.29, 1.82) is 0 Å². The van der Waals surface area contributed by atoms with E-state index in [1.807, 2.05) is 6.92 Å². The summed E-state index contributed by atoms with van der Waals surface area (Å²) in [6.45, 7) is 3.89. The van der Waals surface area contributed by atoms with E-state index in [2.05, 4.69) is 4.72 Å². The number of benzene rings is 1. The number of likely N-dealkylation sites (N-methyl/N-ethyl adjacent to an activating group) is 1. The van der Waals surface area contributed by atoms with Gasteiger partial charge in [-0.3, -0.25) is 4.79 Å². The molecule has 0 bridgehead atoms. The van der Waals surface area contributed by atoms with Crippen LogP contribution in [0.3, 0.4) is 0 Å². The molecule has 0 heterocycles. The maximum atomic E-state index is 12.0. The molecule has 0 saturated carbocycles. The lowest BCUT2D eigenvalue weighted by Crippen LogP contribution is -2.45. The van der Waals surface area contributed by atoms with Crippen LogP contribution in [0.1, 0.15) is 19.4 Å². The average Bonchev–Trinajstić information content (AvgIpc) is 2.38. The summed E-state index contributed by atoms with van der Waals surface area (Å²) >= 11 is 0. The second-order valence-electron chi connectivity index (χ2n) is 4.69. The maximum Gasteiger partial charge on any atom is 0.240 e. The number of nitrogens with two attached hydrogens (primary N) is 1. The van der Waals surface area contributed by atoms with Crippen molar-refractivity contribution in [2.75, 3.05) is 19.3 Å². The van der Waals surface area contributed by atoms with E-state index in [0.29, 0.717) is 17.8 Å². The van der Waals surface area contributed by atoms with Gasteiger partial charge in [0.15, 0.2) is 0 Å². The molecule has 1 rings (SSSR count). The Morgan fingerprint density at radius 2 is 1.90 bits per heavy atom. The predicted octanol–water partition coefficient (Wildman–Crippen LogP) is 0.555. The summed E-state index contributed by atoms with van der Waals surface area (Å²) in [5, 5.41) is 0. The predicted molar refractivity (Wildman–Crippen MR) is 79.4 cm³/mol. The molecule has 0 aliphatic carbocycles. The number of anilines is 1. The first-order valence-corrected chi connectivity index (χ1v) is 7.99. The van der Waals surface area contributed by atoms with Gasteiger partial charge in [0, 0.05) is 19.3 Å². The molecule has 3 N–H and O–H groups in total. The lowest BCUT2D eigenvalue weighted by Gasteiger charge is -2.20. The van der Waals surface area contributed by atoms with Gasteiger partial charge in [-0.2, -0.15) is 0 Å². The first kappa shape index (κ1) is 16.5. The standard InChI is InChI=1S/C13H21N3O3S/c1-4-16(3)13(17)10(2)15-20(18,19)9-11-5-7-12(14)8-6-11/h5-8,10,15H,4,9,14H2,1-3H3. The summed E-state index contributed by atoms with van der Waals surface area (Å²) in [7, 11) is -1.94. The van der Waals surface area contributed by atoms with Gasteiger partial charge in [-0.15, -0.1) is 0 Å². The number of hydrogen-bond donors (Lipinski definition) is 2. The molecular formula is C13H21N3O3S. The van der Waals surface area contributed by atoms with Crippen molar-refractivity contribution in [2.45, 2.75) is 25.6 Å². The molecule has 0 fully saturated rings. The molecule has 20 heavy (non-hydrogen) atoms. The highest BCUT2D eigenvalue weighted by Crippen LogP contribution is 2.09. The fourth-order valence-corrected chi connectivity index (χ4v) is 3.04. The largest absolute Gasteiger partial charge is 0.399 e. The molecule has 6 nitrogen and oxygen atoms in total. The van der Waals surface area contributed by atoms with Crippen molar-refractivity contribution < 1.29 is 13.2 Å². The van der Waals surface area contributed by atoms with Crippen LogP contribution < -0.4 is 10.5 Å². The Morgan fingerprint density at radius 1 is 1.35 bits per heavy atom. The number of nitrogens with zero attached hydrogens (tertiary/aromatic N) is 1. The van der Waals surface area contributed by atoms with Crippen LogP contribution in [0, 0.1) is 0 Å². The van der Waals surface area contributed by atoms with Gasteiger partial charge in [0.05, 0.1) is 11.8 Å². The van der Waals surface area contributed by atoms with Crippen LogP contribution in [-0.4, -0.2) is 38.9 Å². The number of nitrogen functional groups attached to an aromatic ring is 1. The van der Waals surface area contributed by atoms with E-state index < -0.39 is 16.1 Å². The second kappa shape index (κ2) is 6.71. The normalized spacial score (nSPS) is 12.9. The quantitative estimate of drug-likeness (QED) is 0.750. The Balaban J connectivity index is 2.70. The van der Waals surface area contributed by atoms with Crippen LogP contribution in [0.2, 0.25) is 0 Å². The molecule has 0 spiro atoms. The number of rotatable bonds is 6. The van der Waals surface area contributed by atoms with Crippen LogP contribution >= 0.6 is 0 Å². The summed E-state index contributed by atoms with van der Waals surface area (Å²) < 4.78 is 26.4. The highest BCUT2D eigenvalue weighted by atomic mass is 32.2. The fraction of sp³-hybridized carbons (Fsp3) is 0.462. The molecule has 0 saturated heterocycles. The smallest absolute Gasteiger partial charge is 0.240 e. The van der Waals surface area contributed by atoms with Gasteiger partial charge in [-0.05, 0) is 31.5 Å². The molecule has 1 aromatic rings. The Labute approximate surface area is 120 Å². The first-order valence-electron chi connectivity index (χ1n) is 6.34. The third kappa shape index (κ3) is 4.82. The monoisotopic (exact) mass is 299 g/mol. The van der Waals surface area contributed by atoms with Crippen molar-refractivity contribution in [3.63, 3.8) is 0 Å². The molecule has 1 atom stereocenters. The molecule has 7 heteroatoms. The summed E-state index contributed by atoms with van der Waals surface area (Å²) in [6, 6.07) is 5.81. The summed E-state index contributed by atoms with van der Waals surface area (Å²) in [5.41, 5.74) is 6.74. The Bertz CT molecular complexity index is 555. The lowest BCUT2D eigenvalue weighted by atomic mass is 10.2. The SMILES string of the molecule is CCN(C)C(=O)C(C)NS(=O)(=O)Cc1ccc(N)cc1. The van der Waals surface area contributed by atoms with Gasteiger partial charge in [-0.25, -0.2) is 13.1 Å². The zero-order valence-corrected chi connectivity index (χ0v) is 12.8. The van der Waals surface area contributed by atoms with Gasteiger partial charge >= 0.3 is 0 Å². The van der Waals surface area contributed by atoms with E-state index in [1.165, 1.54) is 11.8 Å². The Hall–Kier alpha value is -1.60. The van der Waals surface area contributed by atoms with E-state index in [9.17, 15) is 13.2 Å². The number of carbonyl (C=O) groups is 1. The van der Waals surface area contributed by atoms with Crippen molar-refractivity contribution in [3.8, 4) is 0 Å². The summed E-state index contributed by atoms with van der Waals surface area (Å²) in [5.74, 6) is -0.436. The molecule has 1 unspecified atom stereocenters. The van der Waals surface area contributed by atoms with Crippen LogP contribution in [0.25, 0.3) is 0 Å². The minimum Gasteiger partial charge on any atom is -0.399 e. The third-order valence-electron chi connectivity index (χ3n) is 2.91. The molecule has 0 radical (unpaired) electrons. The van der Waals surface area contributed by atoms with E-state index in [0.717, 1.165) is 0 Å². The number of hydrogen-bond acceptors (Lipinski definition) is 4. The van der Waals surface area contributed by atoms with Crippen LogP contribution in [0.4, 0.5) is 5.69 Å². The topological polar surface area (TPSA) is 92.5 Å². The fourth-order valence-electron chi connectivity index (χ4n) is 1.68. The number of carbonyl (C=O) groups excluding carboxylic acids is 1. The summed E-state index contributed by atoms with van der Waals surface area (Å²) in [6.07, 6.45) is 0. The molecule has 0 aromatic heterocycles. The number of sulfonamides is 1.